The molecule has 3 rings (SSSR count). The van der Waals surface area contributed by atoms with Crippen LogP contribution in [0, 0.1) is 5.92 Å². The topological polar surface area (TPSA) is 46.6 Å². The number of rotatable bonds is 9. The molecule has 0 unspecified atom stereocenters. The number of carbonyl (C=O) groups is 2. The van der Waals surface area contributed by atoms with Crippen LogP contribution in [0.3, 0.4) is 0 Å². The number of nitrogens with zero attached hydrogens (tertiary/aromatic N) is 1. The number of imide groups is 1. The Morgan fingerprint density at radius 1 is 0.966 bits per heavy atom. The van der Waals surface area contributed by atoms with Gasteiger partial charge >= 0.3 is 0 Å². The first-order chi connectivity index (χ1) is 14.0. The van der Waals surface area contributed by atoms with Crippen molar-refractivity contribution >= 4 is 29.1 Å². The van der Waals surface area contributed by atoms with E-state index in [1.165, 1.54) is 16.7 Å². The number of hydrogen-bond acceptors (Lipinski definition) is 4. The molecule has 2 aromatic carbocycles. The third-order valence-electron chi connectivity index (χ3n) is 4.53. The van der Waals surface area contributed by atoms with Gasteiger partial charge in [0.15, 0.2) is 0 Å². The van der Waals surface area contributed by atoms with Crippen LogP contribution >= 0.6 is 11.8 Å². The fourth-order valence-electron chi connectivity index (χ4n) is 3.08. The fourth-order valence-corrected chi connectivity index (χ4v) is 4.17. The first-order valence-corrected chi connectivity index (χ1v) is 11.0. The van der Waals surface area contributed by atoms with E-state index in [0.717, 1.165) is 23.3 Å². The van der Waals surface area contributed by atoms with Crippen molar-refractivity contribution in [2.24, 2.45) is 5.92 Å². The van der Waals surface area contributed by atoms with E-state index in [1.54, 1.807) is 0 Å². The van der Waals surface area contributed by atoms with Gasteiger partial charge in [0.2, 0.25) is 0 Å². The average molecular weight is 410 g/mol. The van der Waals surface area contributed by atoms with Crippen molar-refractivity contribution in [1.29, 1.82) is 0 Å². The lowest BCUT2D eigenvalue weighted by atomic mass is 10.1. The summed E-state index contributed by atoms with van der Waals surface area (Å²) >= 11 is 1.44. The lowest BCUT2D eigenvalue weighted by Gasteiger charge is -2.13. The Balaban J connectivity index is 1.87. The van der Waals surface area contributed by atoms with Gasteiger partial charge in [-0.3, -0.25) is 14.5 Å². The summed E-state index contributed by atoms with van der Waals surface area (Å²) < 4.78 is 5.74. The smallest absolute Gasteiger partial charge is 0.267 e. The molecular formula is C24H27NO3S. The monoisotopic (exact) mass is 409 g/mol. The Morgan fingerprint density at radius 2 is 1.66 bits per heavy atom. The molecule has 0 spiro atoms. The van der Waals surface area contributed by atoms with Crippen LogP contribution in [0.1, 0.15) is 38.3 Å². The van der Waals surface area contributed by atoms with Crippen molar-refractivity contribution < 1.29 is 14.3 Å². The Kier molecular flexibility index (Phi) is 7.15. The van der Waals surface area contributed by atoms with Gasteiger partial charge in [0.25, 0.3) is 11.8 Å². The summed E-state index contributed by atoms with van der Waals surface area (Å²) in [7, 11) is 0. The highest BCUT2D eigenvalue weighted by molar-refractivity contribution is 8.03. The SMILES string of the molecule is CCCN1C(=O)C(SCc2ccccc2)=C(c2ccc(OCC(C)C)cc2)C1=O. The summed E-state index contributed by atoms with van der Waals surface area (Å²) in [6.07, 6.45) is 0.739. The van der Waals surface area contributed by atoms with Crippen molar-refractivity contribution in [3.8, 4) is 5.75 Å². The number of ether oxygens (including phenoxy) is 1. The van der Waals surface area contributed by atoms with Crippen molar-refractivity contribution in [1.82, 2.24) is 4.90 Å². The van der Waals surface area contributed by atoms with Crippen LogP contribution in [0.25, 0.3) is 5.57 Å². The predicted molar refractivity (Wildman–Crippen MR) is 118 cm³/mol. The van der Waals surface area contributed by atoms with Gasteiger partial charge < -0.3 is 4.74 Å². The normalized spacial score (nSPS) is 14.3. The van der Waals surface area contributed by atoms with E-state index in [1.807, 2.05) is 61.5 Å². The van der Waals surface area contributed by atoms with Crippen LogP contribution in [0.2, 0.25) is 0 Å². The molecule has 0 bridgehead atoms. The molecule has 0 aliphatic carbocycles. The Labute approximate surface area is 176 Å². The van der Waals surface area contributed by atoms with E-state index in [4.69, 9.17) is 4.74 Å². The molecule has 2 aromatic rings. The zero-order chi connectivity index (χ0) is 20.8. The molecule has 0 radical (unpaired) electrons. The van der Waals surface area contributed by atoms with E-state index in [9.17, 15) is 9.59 Å². The number of amides is 2. The Bertz CT molecular complexity index is 888. The van der Waals surface area contributed by atoms with Gasteiger partial charge in [-0.25, -0.2) is 0 Å². The van der Waals surface area contributed by atoms with Crippen molar-refractivity contribution in [2.75, 3.05) is 13.2 Å². The minimum absolute atomic E-state index is 0.187. The van der Waals surface area contributed by atoms with Crippen molar-refractivity contribution in [2.45, 2.75) is 32.9 Å². The van der Waals surface area contributed by atoms with E-state index < -0.39 is 0 Å². The second-order valence-corrected chi connectivity index (χ2v) is 8.46. The highest BCUT2D eigenvalue weighted by Gasteiger charge is 2.38. The minimum atomic E-state index is -0.205. The molecule has 152 valence electrons. The molecular weight excluding hydrogens is 382 g/mol. The lowest BCUT2D eigenvalue weighted by molar-refractivity contribution is -0.136. The van der Waals surface area contributed by atoms with Crippen LogP contribution < -0.4 is 4.74 Å². The Morgan fingerprint density at radius 3 is 2.28 bits per heavy atom. The molecule has 1 aliphatic heterocycles. The molecule has 0 fully saturated rings. The summed E-state index contributed by atoms with van der Waals surface area (Å²) in [5, 5.41) is 0. The summed E-state index contributed by atoms with van der Waals surface area (Å²) in [6, 6.07) is 17.4. The van der Waals surface area contributed by atoms with Gasteiger partial charge in [0, 0.05) is 12.3 Å². The standard InChI is InChI=1S/C24H27NO3S/c1-4-14-25-23(26)21(19-10-12-20(13-11-19)28-15-17(2)3)22(24(25)27)29-16-18-8-6-5-7-9-18/h5-13,17H,4,14-16H2,1-3H3. The quantitative estimate of drug-likeness (QED) is 0.538. The maximum atomic E-state index is 13.0. The third kappa shape index (κ3) is 5.10. The molecule has 2 amide bonds. The maximum Gasteiger partial charge on any atom is 0.267 e. The van der Waals surface area contributed by atoms with Crippen molar-refractivity contribution in [3.63, 3.8) is 0 Å². The van der Waals surface area contributed by atoms with Crippen LogP contribution in [0.5, 0.6) is 5.75 Å². The van der Waals surface area contributed by atoms with E-state index in [2.05, 4.69) is 13.8 Å². The molecule has 0 atom stereocenters. The molecule has 1 heterocycles. The lowest BCUT2D eigenvalue weighted by Crippen LogP contribution is -2.32. The average Bonchev–Trinajstić information content (AvgIpc) is 2.96. The third-order valence-corrected chi connectivity index (χ3v) is 5.67. The fraction of sp³-hybridized carbons (Fsp3) is 0.333. The second kappa shape index (κ2) is 9.79. The Hall–Kier alpha value is -2.53. The highest BCUT2D eigenvalue weighted by atomic mass is 32.2. The van der Waals surface area contributed by atoms with Gasteiger partial charge in [-0.15, -0.1) is 11.8 Å². The molecule has 0 aromatic heterocycles. The number of thioether (sulfide) groups is 1. The van der Waals surface area contributed by atoms with Gasteiger partial charge in [-0.05, 0) is 35.6 Å². The largest absolute Gasteiger partial charge is 0.493 e. The van der Waals surface area contributed by atoms with Crippen LogP contribution in [-0.4, -0.2) is 29.9 Å². The van der Waals surface area contributed by atoms with E-state index in [0.29, 0.717) is 35.3 Å². The second-order valence-electron chi connectivity index (χ2n) is 7.47. The highest BCUT2D eigenvalue weighted by Crippen LogP contribution is 2.38. The summed E-state index contributed by atoms with van der Waals surface area (Å²) in [5.74, 6) is 1.46. The molecule has 4 nitrogen and oxygen atoms in total. The first kappa shape index (κ1) is 21.2. The zero-order valence-corrected chi connectivity index (χ0v) is 18.0. The van der Waals surface area contributed by atoms with Gasteiger partial charge in [-0.1, -0.05) is 63.2 Å². The zero-order valence-electron chi connectivity index (χ0n) is 17.2. The molecule has 0 saturated carbocycles. The van der Waals surface area contributed by atoms with E-state index >= 15 is 0 Å². The van der Waals surface area contributed by atoms with Crippen molar-refractivity contribution in [3.05, 3.63) is 70.6 Å². The van der Waals surface area contributed by atoms with E-state index in [-0.39, 0.29) is 11.8 Å². The number of benzene rings is 2. The van der Waals surface area contributed by atoms with Gasteiger partial charge in [-0.2, -0.15) is 0 Å². The first-order valence-electron chi connectivity index (χ1n) is 10.0. The summed E-state index contributed by atoms with van der Waals surface area (Å²) in [4.78, 5) is 27.9. The van der Waals surface area contributed by atoms with Crippen LogP contribution in [0.4, 0.5) is 0 Å². The molecule has 0 saturated heterocycles. The van der Waals surface area contributed by atoms with Gasteiger partial charge in [0.05, 0.1) is 17.1 Å². The molecule has 5 heteroatoms. The maximum absolute atomic E-state index is 13.0. The summed E-state index contributed by atoms with van der Waals surface area (Å²) in [5.41, 5.74) is 2.38. The van der Waals surface area contributed by atoms with Crippen LogP contribution in [-0.2, 0) is 15.3 Å². The van der Waals surface area contributed by atoms with Gasteiger partial charge in [0.1, 0.15) is 5.75 Å². The minimum Gasteiger partial charge on any atom is -0.493 e. The predicted octanol–water partition coefficient (Wildman–Crippen LogP) is 5.14. The molecule has 29 heavy (non-hydrogen) atoms. The molecule has 0 N–H and O–H groups in total. The number of carbonyl (C=O) groups excluding carboxylic acids is 2. The number of hydrogen-bond donors (Lipinski definition) is 0. The summed E-state index contributed by atoms with van der Waals surface area (Å²) in [6.45, 7) is 7.24. The molecule has 1 aliphatic rings. The van der Waals surface area contributed by atoms with Crippen LogP contribution in [0.15, 0.2) is 59.5 Å².